The molecule has 0 aliphatic carbocycles. The first kappa shape index (κ1) is 28.5. The van der Waals surface area contributed by atoms with Crippen LogP contribution in [-0.2, 0) is 26.0 Å². The number of sulfonamides is 1. The molecule has 0 saturated heterocycles. The van der Waals surface area contributed by atoms with E-state index in [2.05, 4.69) is 4.72 Å². The first-order valence-electron chi connectivity index (χ1n) is 12.9. The van der Waals surface area contributed by atoms with E-state index in [4.69, 9.17) is 10.00 Å². The van der Waals surface area contributed by atoms with Crippen LogP contribution in [0.25, 0.3) is 0 Å². The fraction of sp³-hybridized carbons (Fsp3) is 0.267. The lowest BCUT2D eigenvalue weighted by Gasteiger charge is -2.37. The highest BCUT2D eigenvalue weighted by Crippen LogP contribution is 2.36. The molecule has 0 amide bonds. The topological polar surface area (TPSA) is 140 Å². The first-order chi connectivity index (χ1) is 19.0. The van der Waals surface area contributed by atoms with Gasteiger partial charge in [-0.25, -0.2) is 13.2 Å². The number of nitrogens with zero attached hydrogens (tertiary/aromatic N) is 2. The van der Waals surface area contributed by atoms with E-state index in [1.54, 1.807) is 60.4 Å². The zero-order chi connectivity index (χ0) is 28.9. The summed E-state index contributed by atoms with van der Waals surface area (Å²) >= 11 is 0. The smallest absolute Gasteiger partial charge is 0.359 e. The molecule has 0 aromatic heterocycles. The SMILES string of the molecule is CCCN(C1=C(O)CC(C)(CCc2ccc(O)cc2)OC1=O)c1cccc(NS(=O)(=O)c2ccc(C#N)cc2)c1. The van der Waals surface area contributed by atoms with Crippen molar-refractivity contribution in [1.82, 2.24) is 0 Å². The maximum absolute atomic E-state index is 13.3. The lowest BCUT2D eigenvalue weighted by Crippen LogP contribution is -2.43. The Kier molecular flexibility index (Phi) is 8.35. The number of esters is 1. The quantitative estimate of drug-likeness (QED) is 0.280. The van der Waals surface area contributed by atoms with E-state index in [1.807, 2.05) is 13.0 Å². The number of carbonyl (C=O) groups excluding carboxylic acids is 1. The van der Waals surface area contributed by atoms with Crippen molar-refractivity contribution in [3.63, 3.8) is 0 Å². The van der Waals surface area contributed by atoms with Crippen LogP contribution in [-0.4, -0.2) is 36.7 Å². The molecule has 3 aromatic rings. The summed E-state index contributed by atoms with van der Waals surface area (Å²) in [6.45, 7) is 4.09. The molecule has 1 aliphatic rings. The number of nitriles is 1. The Labute approximate surface area is 234 Å². The number of aromatic hydroxyl groups is 1. The highest BCUT2D eigenvalue weighted by Gasteiger charge is 2.40. The van der Waals surface area contributed by atoms with Gasteiger partial charge < -0.3 is 19.8 Å². The van der Waals surface area contributed by atoms with Crippen LogP contribution in [0.1, 0.15) is 44.2 Å². The van der Waals surface area contributed by atoms with E-state index >= 15 is 0 Å². The van der Waals surface area contributed by atoms with Gasteiger partial charge in [0.2, 0.25) is 0 Å². The first-order valence-corrected chi connectivity index (χ1v) is 14.4. The fourth-order valence-corrected chi connectivity index (χ4v) is 5.64. The van der Waals surface area contributed by atoms with Crippen LogP contribution >= 0.6 is 0 Å². The molecular weight excluding hydrogens is 530 g/mol. The minimum atomic E-state index is -3.93. The van der Waals surface area contributed by atoms with E-state index in [1.165, 1.54) is 24.3 Å². The van der Waals surface area contributed by atoms with Crippen molar-refractivity contribution >= 4 is 27.4 Å². The van der Waals surface area contributed by atoms with E-state index in [0.717, 1.165) is 5.56 Å². The molecule has 0 spiro atoms. The molecule has 0 radical (unpaired) electrons. The number of rotatable bonds is 10. The number of phenols is 1. The summed E-state index contributed by atoms with van der Waals surface area (Å²) in [6.07, 6.45) is 1.83. The van der Waals surface area contributed by atoms with Crippen LogP contribution in [0.4, 0.5) is 11.4 Å². The Hall–Kier alpha value is -4.49. The summed E-state index contributed by atoms with van der Waals surface area (Å²) in [5.74, 6) is -0.582. The summed E-state index contributed by atoms with van der Waals surface area (Å²) in [7, 11) is -3.93. The number of aliphatic hydroxyl groups excluding tert-OH is 1. The molecule has 1 atom stereocenters. The van der Waals surface area contributed by atoms with Gasteiger partial charge in [-0.15, -0.1) is 0 Å². The zero-order valence-electron chi connectivity index (χ0n) is 22.3. The number of anilines is 2. The van der Waals surface area contributed by atoms with Crippen LogP contribution in [0, 0.1) is 11.3 Å². The Balaban J connectivity index is 1.56. The average molecular weight is 562 g/mol. The molecule has 3 aromatic carbocycles. The second kappa shape index (κ2) is 11.7. The normalized spacial score (nSPS) is 17.2. The average Bonchev–Trinajstić information content (AvgIpc) is 2.92. The molecule has 4 rings (SSSR count). The Morgan fingerprint density at radius 2 is 1.77 bits per heavy atom. The number of nitrogens with one attached hydrogen (secondary N) is 1. The molecule has 0 fully saturated rings. The summed E-state index contributed by atoms with van der Waals surface area (Å²) in [4.78, 5) is 14.9. The van der Waals surface area contributed by atoms with E-state index in [-0.39, 0.29) is 34.2 Å². The molecule has 10 heteroatoms. The van der Waals surface area contributed by atoms with E-state index in [0.29, 0.717) is 37.1 Å². The second-order valence-electron chi connectivity index (χ2n) is 9.92. The van der Waals surface area contributed by atoms with Crippen LogP contribution in [0.3, 0.4) is 0 Å². The minimum absolute atomic E-state index is 0.00474. The van der Waals surface area contributed by atoms with Gasteiger partial charge in [0.15, 0.2) is 5.70 Å². The van der Waals surface area contributed by atoms with Crippen molar-refractivity contribution in [2.45, 2.75) is 50.0 Å². The summed E-state index contributed by atoms with van der Waals surface area (Å²) in [5.41, 5.74) is 1.20. The summed E-state index contributed by atoms with van der Waals surface area (Å²) in [5, 5.41) is 29.5. The number of hydrogen-bond acceptors (Lipinski definition) is 8. The van der Waals surface area contributed by atoms with Crippen LogP contribution in [0.2, 0.25) is 0 Å². The number of ether oxygens (including phenoxy) is 1. The van der Waals surface area contributed by atoms with Crippen LogP contribution < -0.4 is 9.62 Å². The van der Waals surface area contributed by atoms with Gasteiger partial charge in [-0.3, -0.25) is 4.72 Å². The van der Waals surface area contributed by atoms with Gasteiger partial charge in [0.25, 0.3) is 10.0 Å². The van der Waals surface area contributed by atoms with Crippen molar-refractivity contribution in [3.05, 3.63) is 95.4 Å². The van der Waals surface area contributed by atoms with Gasteiger partial charge in [0.1, 0.15) is 17.1 Å². The molecule has 9 nitrogen and oxygen atoms in total. The molecule has 1 aliphatic heterocycles. The third-order valence-corrected chi connectivity index (χ3v) is 8.04. The Bertz CT molecular complexity index is 1560. The summed E-state index contributed by atoms with van der Waals surface area (Å²) in [6, 6.07) is 20.9. The zero-order valence-corrected chi connectivity index (χ0v) is 23.1. The van der Waals surface area contributed by atoms with Crippen molar-refractivity contribution < 1.29 is 28.2 Å². The molecular formula is C30H31N3O6S. The highest BCUT2D eigenvalue weighted by molar-refractivity contribution is 7.92. The maximum atomic E-state index is 13.3. The number of carbonyl (C=O) groups is 1. The molecule has 0 bridgehead atoms. The van der Waals surface area contributed by atoms with Crippen molar-refractivity contribution in [1.29, 1.82) is 5.26 Å². The second-order valence-corrected chi connectivity index (χ2v) is 11.6. The lowest BCUT2D eigenvalue weighted by molar-refractivity contribution is -0.157. The van der Waals surface area contributed by atoms with Gasteiger partial charge in [0.05, 0.1) is 22.2 Å². The highest BCUT2D eigenvalue weighted by atomic mass is 32.2. The largest absolute Gasteiger partial charge is 0.510 e. The van der Waals surface area contributed by atoms with E-state index in [9.17, 15) is 23.4 Å². The van der Waals surface area contributed by atoms with E-state index < -0.39 is 21.6 Å². The number of cyclic esters (lactones) is 1. The Morgan fingerprint density at radius 1 is 1.07 bits per heavy atom. The number of hydrogen-bond donors (Lipinski definition) is 3. The summed E-state index contributed by atoms with van der Waals surface area (Å²) < 4.78 is 34.2. The number of aryl methyl sites for hydroxylation is 1. The maximum Gasteiger partial charge on any atom is 0.359 e. The molecule has 40 heavy (non-hydrogen) atoms. The third kappa shape index (κ3) is 6.55. The van der Waals surface area contributed by atoms with Gasteiger partial charge >= 0.3 is 5.97 Å². The molecule has 3 N–H and O–H groups in total. The minimum Gasteiger partial charge on any atom is -0.510 e. The number of benzene rings is 3. The van der Waals surface area contributed by atoms with Gasteiger partial charge in [-0.1, -0.05) is 25.1 Å². The van der Waals surface area contributed by atoms with Gasteiger partial charge in [-0.2, -0.15) is 5.26 Å². The van der Waals surface area contributed by atoms with Crippen molar-refractivity contribution in [2.75, 3.05) is 16.2 Å². The molecule has 1 unspecified atom stereocenters. The standard InChI is InChI=1S/C30H31N3O6S/c1-3-17-33(24-6-4-5-23(18-24)32-40(37,38)26-13-9-22(20-31)10-14-26)28-27(35)19-30(2,39-29(28)36)16-15-21-7-11-25(34)12-8-21/h4-14,18,32,34-35H,3,15-17,19H2,1-2H3. The van der Waals surface area contributed by atoms with Crippen molar-refractivity contribution in [2.24, 2.45) is 0 Å². The fourth-order valence-electron chi connectivity index (χ4n) is 4.59. The molecule has 208 valence electrons. The number of phenolic OH excluding ortho intramolecular Hbond substituents is 1. The number of aliphatic hydroxyl groups is 1. The lowest BCUT2D eigenvalue weighted by atomic mass is 9.90. The predicted molar refractivity (Wildman–Crippen MR) is 151 cm³/mol. The molecule has 0 saturated carbocycles. The third-order valence-electron chi connectivity index (χ3n) is 6.65. The van der Waals surface area contributed by atoms with Crippen molar-refractivity contribution in [3.8, 4) is 11.8 Å². The van der Waals surface area contributed by atoms with Gasteiger partial charge in [0, 0.05) is 18.7 Å². The van der Waals surface area contributed by atoms with Gasteiger partial charge in [-0.05, 0) is 86.3 Å². The monoisotopic (exact) mass is 561 g/mol. The van der Waals surface area contributed by atoms with Crippen LogP contribution in [0.5, 0.6) is 5.75 Å². The Morgan fingerprint density at radius 3 is 2.40 bits per heavy atom. The van der Waals surface area contributed by atoms with Crippen LogP contribution in [0.15, 0.2) is 89.1 Å². The molecule has 1 heterocycles. The predicted octanol–water partition coefficient (Wildman–Crippen LogP) is 5.39.